The molecule has 3 aromatic carbocycles. The fraction of sp³-hybridized carbons (Fsp3) is 0.115. The first-order valence-corrected chi connectivity index (χ1v) is 11.9. The number of nitrogens with one attached hydrogen (secondary N) is 1. The second-order valence-corrected chi connectivity index (χ2v) is 8.75. The molecule has 3 aromatic rings. The highest BCUT2D eigenvalue weighted by atomic mass is 35.5. The number of thioether (sulfide) groups is 1. The van der Waals surface area contributed by atoms with Crippen LogP contribution in [0.1, 0.15) is 5.56 Å². The van der Waals surface area contributed by atoms with E-state index in [1.165, 1.54) is 0 Å². The zero-order valence-electron chi connectivity index (χ0n) is 18.5. The predicted octanol–water partition coefficient (Wildman–Crippen LogP) is 5.47. The molecule has 1 N–H and O–H groups in total. The van der Waals surface area contributed by atoms with Gasteiger partial charge in [0, 0.05) is 11.3 Å². The van der Waals surface area contributed by atoms with Crippen LogP contribution in [-0.2, 0) is 9.59 Å². The van der Waals surface area contributed by atoms with Crippen LogP contribution < -0.4 is 14.8 Å². The van der Waals surface area contributed by atoms with Crippen molar-refractivity contribution in [3.63, 3.8) is 0 Å². The number of carbonyl (C=O) groups excluding carboxylic acids is 3. The molecule has 1 saturated heterocycles. The molecule has 1 aliphatic heterocycles. The maximum atomic E-state index is 12.8. The highest BCUT2D eigenvalue weighted by Gasteiger charge is 2.35. The van der Waals surface area contributed by atoms with Crippen molar-refractivity contribution in [2.24, 2.45) is 0 Å². The van der Waals surface area contributed by atoms with Gasteiger partial charge in [0.2, 0.25) is 0 Å². The van der Waals surface area contributed by atoms with Gasteiger partial charge in [0.25, 0.3) is 17.1 Å². The van der Waals surface area contributed by atoms with Crippen LogP contribution in [-0.4, -0.2) is 41.7 Å². The Labute approximate surface area is 211 Å². The van der Waals surface area contributed by atoms with Gasteiger partial charge in [-0.3, -0.25) is 19.3 Å². The van der Waals surface area contributed by atoms with Gasteiger partial charge in [0.05, 0.1) is 16.5 Å². The minimum atomic E-state index is -0.417. The lowest BCUT2D eigenvalue weighted by Crippen LogP contribution is -2.32. The lowest BCUT2D eigenvalue weighted by atomic mass is 10.2. The number of nitrogens with zero attached hydrogens (tertiary/aromatic N) is 1. The third kappa shape index (κ3) is 6.44. The van der Waals surface area contributed by atoms with Crippen LogP contribution in [0.25, 0.3) is 6.08 Å². The first-order valence-electron chi connectivity index (χ1n) is 10.7. The number of benzene rings is 3. The molecule has 1 heterocycles. The molecule has 1 aliphatic rings. The summed E-state index contributed by atoms with van der Waals surface area (Å²) in [5.74, 6) is 0.174. The molecule has 0 aromatic heterocycles. The van der Waals surface area contributed by atoms with Crippen LogP contribution in [0, 0.1) is 0 Å². The number of halogens is 1. The Hall–Kier alpha value is -3.75. The maximum Gasteiger partial charge on any atom is 0.293 e. The van der Waals surface area contributed by atoms with Crippen LogP contribution in [0.3, 0.4) is 0 Å². The Balaban J connectivity index is 1.37. The van der Waals surface area contributed by atoms with Crippen LogP contribution in [0.2, 0.25) is 5.02 Å². The highest BCUT2D eigenvalue weighted by molar-refractivity contribution is 8.18. The Morgan fingerprint density at radius 2 is 1.60 bits per heavy atom. The fourth-order valence-electron chi connectivity index (χ4n) is 3.24. The molecule has 7 nitrogen and oxygen atoms in total. The lowest BCUT2D eigenvalue weighted by molar-refractivity contribution is -0.123. The van der Waals surface area contributed by atoms with Gasteiger partial charge in [-0.15, -0.1) is 0 Å². The molecule has 0 unspecified atom stereocenters. The van der Waals surface area contributed by atoms with Crippen molar-refractivity contribution in [2.45, 2.75) is 0 Å². The molecule has 9 heteroatoms. The lowest BCUT2D eigenvalue weighted by Gasteiger charge is -2.14. The third-order valence-corrected chi connectivity index (χ3v) is 6.12. The Morgan fingerprint density at radius 3 is 2.37 bits per heavy atom. The zero-order chi connectivity index (χ0) is 24.6. The van der Waals surface area contributed by atoms with Crippen molar-refractivity contribution < 1.29 is 23.9 Å². The van der Waals surface area contributed by atoms with E-state index in [0.717, 1.165) is 16.7 Å². The number of carbonyl (C=O) groups is 3. The minimum Gasteiger partial charge on any atom is -0.490 e. The van der Waals surface area contributed by atoms with Gasteiger partial charge in [-0.05, 0) is 48.2 Å². The maximum absolute atomic E-state index is 12.8. The van der Waals surface area contributed by atoms with E-state index in [1.807, 2.05) is 18.2 Å². The van der Waals surface area contributed by atoms with E-state index in [0.29, 0.717) is 27.8 Å². The summed E-state index contributed by atoms with van der Waals surface area (Å²) < 4.78 is 11.3. The smallest absolute Gasteiger partial charge is 0.293 e. The molecule has 4 rings (SSSR count). The summed E-state index contributed by atoms with van der Waals surface area (Å²) in [5, 5.41) is 2.82. The first kappa shape index (κ1) is 24.4. The van der Waals surface area contributed by atoms with Gasteiger partial charge >= 0.3 is 0 Å². The molecule has 0 saturated carbocycles. The average molecular weight is 509 g/mol. The number of hydrogen-bond donors (Lipinski definition) is 1. The van der Waals surface area contributed by atoms with Crippen molar-refractivity contribution in [3.8, 4) is 11.5 Å². The quantitative estimate of drug-likeness (QED) is 0.386. The largest absolute Gasteiger partial charge is 0.490 e. The third-order valence-electron chi connectivity index (χ3n) is 4.90. The van der Waals surface area contributed by atoms with Crippen molar-refractivity contribution in [2.75, 3.05) is 25.1 Å². The summed E-state index contributed by atoms with van der Waals surface area (Å²) in [6.45, 7) is -0.00305. The van der Waals surface area contributed by atoms with Crippen LogP contribution in [0.5, 0.6) is 11.5 Å². The molecule has 0 radical (unpaired) electrons. The number of para-hydroxylation sites is 3. The number of anilines is 1. The minimum absolute atomic E-state index is 0.0883. The van der Waals surface area contributed by atoms with E-state index in [9.17, 15) is 14.4 Å². The average Bonchev–Trinajstić information content (AvgIpc) is 3.12. The molecule has 178 valence electrons. The molecule has 0 spiro atoms. The van der Waals surface area contributed by atoms with Crippen LogP contribution >= 0.6 is 23.4 Å². The predicted molar refractivity (Wildman–Crippen MR) is 137 cm³/mol. The fourth-order valence-corrected chi connectivity index (χ4v) is 4.28. The zero-order valence-corrected chi connectivity index (χ0v) is 20.1. The molecule has 0 atom stereocenters. The molecule has 0 bridgehead atoms. The van der Waals surface area contributed by atoms with Gasteiger partial charge in [-0.2, -0.15) is 0 Å². The summed E-state index contributed by atoms with van der Waals surface area (Å²) >= 11 is 6.91. The van der Waals surface area contributed by atoms with Gasteiger partial charge in [0.1, 0.15) is 18.1 Å². The van der Waals surface area contributed by atoms with Gasteiger partial charge in [0.15, 0.2) is 6.61 Å². The Kier molecular flexibility index (Phi) is 8.07. The van der Waals surface area contributed by atoms with Crippen molar-refractivity contribution in [3.05, 3.63) is 94.4 Å². The van der Waals surface area contributed by atoms with E-state index in [4.69, 9.17) is 21.1 Å². The molecule has 3 amide bonds. The van der Waals surface area contributed by atoms with Crippen molar-refractivity contribution in [1.82, 2.24) is 4.90 Å². The Bertz CT molecular complexity index is 1270. The topological polar surface area (TPSA) is 84.9 Å². The standard InChI is InChI=1S/C26H21ClN2O5S/c27-20-11-5-7-13-22(20)33-15-14-29-25(31)23(35-26(29)32)16-18-8-4-6-12-21(18)34-17-24(30)28-19-9-2-1-3-10-19/h1-13,16H,14-15,17H2,(H,28,30)/b23-16-. The number of imide groups is 1. The summed E-state index contributed by atoms with van der Waals surface area (Å²) in [4.78, 5) is 38.9. The van der Waals surface area contributed by atoms with Crippen molar-refractivity contribution >= 4 is 52.2 Å². The summed E-state index contributed by atoms with van der Waals surface area (Å²) in [6.07, 6.45) is 1.59. The SMILES string of the molecule is O=C(COc1ccccc1/C=C1\SC(=O)N(CCOc2ccccc2Cl)C1=O)Nc1ccccc1. The number of rotatable bonds is 9. The van der Waals surface area contributed by atoms with Crippen LogP contribution in [0.15, 0.2) is 83.8 Å². The second kappa shape index (κ2) is 11.6. The monoisotopic (exact) mass is 508 g/mol. The normalized spacial score (nSPS) is 14.3. The van der Waals surface area contributed by atoms with Crippen molar-refractivity contribution in [1.29, 1.82) is 0 Å². The molecule has 0 aliphatic carbocycles. The van der Waals surface area contributed by atoms with E-state index in [-0.39, 0.29) is 35.8 Å². The Morgan fingerprint density at radius 1 is 0.914 bits per heavy atom. The number of amides is 3. The summed E-state index contributed by atoms with van der Waals surface area (Å²) in [7, 11) is 0. The van der Waals surface area contributed by atoms with Gasteiger partial charge in [-0.25, -0.2) is 0 Å². The molecular formula is C26H21ClN2O5S. The summed E-state index contributed by atoms with van der Waals surface area (Å²) in [5.41, 5.74) is 1.25. The molecule has 35 heavy (non-hydrogen) atoms. The van der Waals surface area contributed by atoms with E-state index in [1.54, 1.807) is 66.7 Å². The highest BCUT2D eigenvalue weighted by Crippen LogP contribution is 2.34. The van der Waals surface area contributed by atoms with Gasteiger partial charge in [-0.1, -0.05) is 60.1 Å². The van der Waals surface area contributed by atoms with E-state index in [2.05, 4.69) is 5.32 Å². The number of ether oxygens (including phenoxy) is 2. The molecule has 1 fully saturated rings. The second-order valence-electron chi connectivity index (χ2n) is 7.35. The van der Waals surface area contributed by atoms with Crippen LogP contribution in [0.4, 0.5) is 10.5 Å². The molecular weight excluding hydrogens is 488 g/mol. The van der Waals surface area contributed by atoms with E-state index < -0.39 is 5.91 Å². The number of hydrogen-bond acceptors (Lipinski definition) is 6. The first-order chi connectivity index (χ1) is 17.0. The van der Waals surface area contributed by atoms with E-state index >= 15 is 0 Å². The van der Waals surface area contributed by atoms with Gasteiger partial charge < -0.3 is 14.8 Å². The summed E-state index contributed by atoms with van der Waals surface area (Å²) in [6, 6.07) is 23.0.